The summed E-state index contributed by atoms with van der Waals surface area (Å²) in [5.74, 6) is 0.870. The normalized spacial score (nSPS) is 10.2. The van der Waals surface area contributed by atoms with Crippen molar-refractivity contribution >= 4 is 38.8 Å². The Morgan fingerprint density at radius 1 is 1.24 bits per heavy atom. The molecule has 2 aromatic rings. The van der Waals surface area contributed by atoms with E-state index in [1.807, 2.05) is 30.3 Å². The van der Waals surface area contributed by atoms with Gasteiger partial charge in [-0.2, -0.15) is 0 Å². The summed E-state index contributed by atoms with van der Waals surface area (Å²) in [6.07, 6.45) is 0.910. The minimum atomic E-state index is 0.384. The molecule has 0 bridgehead atoms. The summed E-state index contributed by atoms with van der Waals surface area (Å²) in [5, 5.41) is 3.38. The van der Waals surface area contributed by atoms with Crippen molar-refractivity contribution in [3.63, 3.8) is 0 Å². The Kier molecular flexibility index (Phi) is 5.59. The number of rotatable bonds is 6. The highest BCUT2D eigenvalue weighted by Crippen LogP contribution is 2.24. The van der Waals surface area contributed by atoms with Gasteiger partial charge in [0.1, 0.15) is 10.7 Å². The maximum atomic E-state index is 5.78. The second-order valence-corrected chi connectivity index (χ2v) is 5.85. The fourth-order valence-electron chi connectivity index (χ4n) is 2.06. The van der Waals surface area contributed by atoms with E-state index in [1.54, 1.807) is 7.11 Å². The Labute approximate surface area is 138 Å². The van der Waals surface area contributed by atoms with Crippen LogP contribution in [-0.4, -0.2) is 18.6 Å². The number of ether oxygens (including phenoxy) is 1. The van der Waals surface area contributed by atoms with Gasteiger partial charge in [-0.15, -0.1) is 0 Å². The number of methoxy groups -OCH3 is 1. The zero-order valence-electron chi connectivity index (χ0n) is 11.7. The molecule has 3 nitrogen and oxygen atoms in total. The van der Waals surface area contributed by atoms with Crippen LogP contribution < -0.4 is 15.8 Å². The lowest BCUT2D eigenvalue weighted by molar-refractivity contribution is 0.414. The van der Waals surface area contributed by atoms with Gasteiger partial charge in [0.15, 0.2) is 0 Å². The molecule has 0 saturated heterocycles. The molecule has 110 valence electrons. The standard InChI is InChI=1S/C16H17BrN2OS/c1-20-12-7-5-11(6-8-12)9-10-19-14-4-2-3-13(17)15(14)16(18)21/h2-8,19H,9-10H2,1H3,(H2,18,21). The topological polar surface area (TPSA) is 47.3 Å². The summed E-state index contributed by atoms with van der Waals surface area (Å²) in [6.45, 7) is 0.804. The first-order valence-corrected chi connectivity index (χ1v) is 7.77. The third kappa shape index (κ3) is 4.19. The number of hydrogen-bond donors (Lipinski definition) is 2. The van der Waals surface area contributed by atoms with Gasteiger partial charge in [0.25, 0.3) is 0 Å². The van der Waals surface area contributed by atoms with Gasteiger partial charge in [0.2, 0.25) is 0 Å². The van der Waals surface area contributed by atoms with Crippen molar-refractivity contribution in [1.82, 2.24) is 0 Å². The van der Waals surface area contributed by atoms with E-state index in [0.29, 0.717) is 4.99 Å². The summed E-state index contributed by atoms with van der Waals surface area (Å²) < 4.78 is 6.06. The molecule has 0 aromatic heterocycles. The van der Waals surface area contributed by atoms with Crippen LogP contribution in [0, 0.1) is 0 Å². The van der Waals surface area contributed by atoms with E-state index in [1.165, 1.54) is 5.56 Å². The van der Waals surface area contributed by atoms with Gasteiger partial charge in [-0.3, -0.25) is 0 Å². The van der Waals surface area contributed by atoms with Crippen LogP contribution >= 0.6 is 28.1 Å². The fourth-order valence-corrected chi connectivity index (χ4v) is 2.99. The van der Waals surface area contributed by atoms with Crippen LogP contribution in [0.4, 0.5) is 5.69 Å². The Morgan fingerprint density at radius 2 is 1.95 bits per heavy atom. The SMILES string of the molecule is COc1ccc(CCNc2cccc(Br)c2C(N)=S)cc1. The zero-order chi connectivity index (χ0) is 15.2. The molecule has 2 aromatic carbocycles. The van der Waals surface area contributed by atoms with Crippen LogP contribution in [0.15, 0.2) is 46.9 Å². The number of nitrogens with two attached hydrogens (primary N) is 1. The van der Waals surface area contributed by atoms with Crippen molar-refractivity contribution in [2.45, 2.75) is 6.42 Å². The predicted molar refractivity (Wildman–Crippen MR) is 95.2 cm³/mol. The maximum absolute atomic E-state index is 5.78. The molecule has 5 heteroatoms. The number of thiocarbonyl (C=S) groups is 1. The average Bonchev–Trinajstić information content (AvgIpc) is 2.47. The van der Waals surface area contributed by atoms with E-state index in [2.05, 4.69) is 33.4 Å². The highest BCUT2D eigenvalue weighted by atomic mass is 79.9. The minimum absolute atomic E-state index is 0.384. The summed E-state index contributed by atoms with van der Waals surface area (Å²) in [5.41, 5.74) is 8.82. The quantitative estimate of drug-likeness (QED) is 0.766. The first-order chi connectivity index (χ1) is 10.1. The van der Waals surface area contributed by atoms with Gasteiger partial charge in [0.05, 0.1) is 7.11 Å². The summed E-state index contributed by atoms with van der Waals surface area (Å²) in [7, 11) is 1.67. The molecule has 0 spiro atoms. The van der Waals surface area contributed by atoms with E-state index in [0.717, 1.165) is 34.4 Å². The van der Waals surface area contributed by atoms with Crippen LogP contribution in [-0.2, 0) is 6.42 Å². The molecule has 21 heavy (non-hydrogen) atoms. The van der Waals surface area contributed by atoms with Crippen LogP contribution in [0.5, 0.6) is 5.75 Å². The minimum Gasteiger partial charge on any atom is -0.497 e. The third-order valence-corrected chi connectivity index (χ3v) is 4.01. The van der Waals surface area contributed by atoms with Gasteiger partial charge in [-0.25, -0.2) is 0 Å². The third-order valence-electron chi connectivity index (χ3n) is 3.15. The molecule has 0 aliphatic heterocycles. The summed E-state index contributed by atoms with van der Waals surface area (Å²) in [6, 6.07) is 13.9. The molecule has 0 amide bonds. The van der Waals surface area contributed by atoms with Gasteiger partial charge in [0, 0.05) is 22.3 Å². The van der Waals surface area contributed by atoms with E-state index in [4.69, 9.17) is 22.7 Å². The molecule has 0 fully saturated rings. The Balaban J connectivity index is 2.00. The number of anilines is 1. The Bertz CT molecular complexity index is 629. The highest BCUT2D eigenvalue weighted by molar-refractivity contribution is 9.10. The van der Waals surface area contributed by atoms with Crippen molar-refractivity contribution in [1.29, 1.82) is 0 Å². The Hall–Kier alpha value is -1.59. The van der Waals surface area contributed by atoms with E-state index < -0.39 is 0 Å². The predicted octanol–water partition coefficient (Wildman–Crippen LogP) is 3.75. The number of nitrogens with one attached hydrogen (secondary N) is 1. The van der Waals surface area contributed by atoms with Gasteiger partial charge < -0.3 is 15.8 Å². The first-order valence-electron chi connectivity index (χ1n) is 6.57. The van der Waals surface area contributed by atoms with Crippen molar-refractivity contribution in [3.05, 3.63) is 58.1 Å². The van der Waals surface area contributed by atoms with E-state index in [-0.39, 0.29) is 0 Å². The van der Waals surface area contributed by atoms with Crippen LogP contribution in [0.2, 0.25) is 0 Å². The van der Waals surface area contributed by atoms with Crippen LogP contribution in [0.3, 0.4) is 0 Å². The zero-order valence-corrected chi connectivity index (χ0v) is 14.1. The number of hydrogen-bond acceptors (Lipinski definition) is 3. The smallest absolute Gasteiger partial charge is 0.118 e. The molecule has 0 aliphatic rings. The molecule has 2 rings (SSSR count). The lowest BCUT2D eigenvalue weighted by Crippen LogP contribution is -2.15. The average molecular weight is 365 g/mol. The first kappa shape index (κ1) is 15.8. The molecule has 3 N–H and O–H groups in total. The molecule has 0 radical (unpaired) electrons. The molecular weight excluding hydrogens is 348 g/mol. The molecule has 0 saturated carbocycles. The number of benzene rings is 2. The van der Waals surface area contributed by atoms with Crippen molar-refractivity contribution in [2.75, 3.05) is 19.0 Å². The Morgan fingerprint density at radius 3 is 2.57 bits per heavy atom. The second-order valence-electron chi connectivity index (χ2n) is 4.55. The van der Waals surface area contributed by atoms with Crippen molar-refractivity contribution in [3.8, 4) is 5.75 Å². The molecule has 0 unspecified atom stereocenters. The van der Waals surface area contributed by atoms with E-state index in [9.17, 15) is 0 Å². The van der Waals surface area contributed by atoms with Gasteiger partial charge in [-0.1, -0.05) is 30.4 Å². The molecule has 0 atom stereocenters. The second kappa shape index (κ2) is 7.43. The van der Waals surface area contributed by atoms with Crippen LogP contribution in [0.25, 0.3) is 0 Å². The molecule has 0 heterocycles. The summed E-state index contributed by atoms with van der Waals surface area (Å²) >= 11 is 8.58. The largest absolute Gasteiger partial charge is 0.497 e. The fraction of sp³-hybridized carbons (Fsp3) is 0.188. The van der Waals surface area contributed by atoms with Crippen LogP contribution in [0.1, 0.15) is 11.1 Å². The highest BCUT2D eigenvalue weighted by Gasteiger charge is 2.08. The van der Waals surface area contributed by atoms with Gasteiger partial charge >= 0.3 is 0 Å². The monoisotopic (exact) mass is 364 g/mol. The van der Waals surface area contributed by atoms with Gasteiger partial charge in [-0.05, 0) is 52.2 Å². The molecule has 0 aliphatic carbocycles. The summed E-state index contributed by atoms with van der Waals surface area (Å²) in [4.78, 5) is 0.384. The van der Waals surface area contributed by atoms with Crippen molar-refractivity contribution < 1.29 is 4.74 Å². The lowest BCUT2D eigenvalue weighted by Gasteiger charge is -2.13. The number of halogens is 1. The molecular formula is C16H17BrN2OS. The van der Waals surface area contributed by atoms with Crippen molar-refractivity contribution in [2.24, 2.45) is 5.73 Å². The maximum Gasteiger partial charge on any atom is 0.118 e. The lowest BCUT2D eigenvalue weighted by atomic mass is 10.1. The van der Waals surface area contributed by atoms with E-state index >= 15 is 0 Å².